The van der Waals surface area contributed by atoms with E-state index in [9.17, 15) is 0 Å². The number of rotatable bonds is 6. The van der Waals surface area contributed by atoms with Gasteiger partial charge in [-0.15, -0.1) is 0 Å². The van der Waals surface area contributed by atoms with E-state index in [2.05, 4.69) is 240 Å². The zero-order valence-corrected chi connectivity index (χ0v) is 33.7. The van der Waals surface area contributed by atoms with Crippen molar-refractivity contribution in [1.29, 1.82) is 0 Å². The third-order valence-corrected chi connectivity index (χ3v) is 13.2. The monoisotopic (exact) mass is 790 g/mol. The van der Waals surface area contributed by atoms with Gasteiger partial charge in [0.25, 0.3) is 0 Å². The first-order valence-electron chi connectivity index (χ1n) is 21.3. The molecule has 0 aliphatic heterocycles. The molecule has 10 aromatic carbocycles. The van der Waals surface area contributed by atoms with Crippen molar-refractivity contribution in [3.8, 4) is 22.5 Å². The van der Waals surface area contributed by atoms with Crippen LogP contribution in [0.2, 0.25) is 0 Å². The molecule has 1 unspecified atom stereocenters. The zero-order chi connectivity index (χ0) is 40.8. The number of furan rings is 1. The fourth-order valence-corrected chi connectivity index (χ4v) is 10.6. The van der Waals surface area contributed by atoms with Crippen molar-refractivity contribution in [3.63, 3.8) is 0 Å². The van der Waals surface area contributed by atoms with Crippen LogP contribution in [-0.2, 0) is 5.41 Å². The number of hydrogen-bond acceptors (Lipinski definition) is 3. The Balaban J connectivity index is 1.10. The van der Waals surface area contributed by atoms with Crippen LogP contribution in [0.15, 0.2) is 235 Å². The molecule has 3 nitrogen and oxygen atoms in total. The lowest BCUT2D eigenvalue weighted by atomic mass is 9.70. The third-order valence-electron chi connectivity index (χ3n) is 13.2. The van der Waals surface area contributed by atoms with Crippen LogP contribution in [0.5, 0.6) is 0 Å². The number of benzene rings is 10. The van der Waals surface area contributed by atoms with Crippen LogP contribution in [-0.4, -0.2) is 0 Å². The van der Waals surface area contributed by atoms with E-state index in [0.717, 1.165) is 56.4 Å². The van der Waals surface area contributed by atoms with Crippen molar-refractivity contribution in [1.82, 2.24) is 0 Å². The first-order chi connectivity index (χ1) is 30.7. The second-order valence-electron chi connectivity index (χ2n) is 16.5. The molecular formula is C59H38N2O. The molecule has 0 amide bonds. The third kappa shape index (κ3) is 5.00. The molecule has 62 heavy (non-hydrogen) atoms. The molecule has 2 aliphatic rings. The van der Waals surface area contributed by atoms with Gasteiger partial charge in [0.2, 0.25) is 0 Å². The summed E-state index contributed by atoms with van der Waals surface area (Å²) in [5.41, 5.74) is 15.4. The first-order valence-corrected chi connectivity index (χ1v) is 21.3. The van der Waals surface area contributed by atoms with E-state index in [4.69, 9.17) is 4.42 Å². The molecule has 0 N–H and O–H groups in total. The molecule has 0 fully saturated rings. The Hall–Kier alpha value is -8.14. The van der Waals surface area contributed by atoms with Gasteiger partial charge in [0, 0.05) is 50.6 Å². The van der Waals surface area contributed by atoms with Crippen molar-refractivity contribution in [3.05, 3.63) is 253 Å². The largest absolute Gasteiger partial charge is 0.456 e. The van der Waals surface area contributed by atoms with E-state index in [0.29, 0.717) is 0 Å². The fraction of sp³-hybridized carbons (Fsp3) is 0.0169. The quantitative estimate of drug-likeness (QED) is 0.167. The van der Waals surface area contributed by atoms with Gasteiger partial charge in [-0.1, -0.05) is 146 Å². The van der Waals surface area contributed by atoms with Crippen molar-refractivity contribution in [2.45, 2.75) is 5.41 Å². The highest BCUT2D eigenvalue weighted by Gasteiger charge is 2.55. The predicted octanol–water partition coefficient (Wildman–Crippen LogP) is 16.0. The molecule has 3 heteroatoms. The van der Waals surface area contributed by atoms with Crippen LogP contribution in [0.3, 0.4) is 0 Å². The van der Waals surface area contributed by atoms with Crippen molar-refractivity contribution in [2.24, 2.45) is 0 Å². The van der Waals surface area contributed by atoms with Gasteiger partial charge in [0.1, 0.15) is 11.3 Å². The lowest BCUT2D eigenvalue weighted by molar-refractivity contribution is 0.628. The summed E-state index contributed by atoms with van der Waals surface area (Å²) >= 11 is 0. The summed E-state index contributed by atoms with van der Waals surface area (Å²) in [5, 5.41) is 5.99. The molecule has 0 saturated carbocycles. The smallest absolute Gasteiger partial charge is 0.140 e. The second kappa shape index (κ2) is 13.4. The summed E-state index contributed by atoms with van der Waals surface area (Å²) in [6.07, 6.45) is 0. The van der Waals surface area contributed by atoms with E-state index in [1.165, 1.54) is 54.9 Å². The summed E-state index contributed by atoms with van der Waals surface area (Å²) in [7, 11) is 0. The number of para-hydroxylation sites is 3. The predicted molar refractivity (Wildman–Crippen MR) is 257 cm³/mol. The Morgan fingerprint density at radius 1 is 0.306 bits per heavy atom. The average molecular weight is 791 g/mol. The molecule has 290 valence electrons. The molecule has 1 atom stereocenters. The molecule has 11 aromatic rings. The standard InChI is InChI=1S/C59H38N2O/c1-3-19-43(20-4-1)60(45-29-27-39-15-7-9-17-41(39)35-45)47-31-33-50-49-23-11-13-25-53(49)59(54(50)37-47)55-38-48(32-34-51(55)58-57(59)52-24-12-14-26-56(52)62-58)61(44-21-5-2-6-22-44)46-30-28-40-16-8-10-18-42(40)36-46/h1-38H. The number of anilines is 6. The Morgan fingerprint density at radius 2 is 0.758 bits per heavy atom. The molecular weight excluding hydrogens is 753 g/mol. The molecule has 0 saturated heterocycles. The van der Waals surface area contributed by atoms with E-state index < -0.39 is 5.41 Å². The Bertz CT molecular complexity index is 3550. The molecule has 0 radical (unpaired) electrons. The summed E-state index contributed by atoms with van der Waals surface area (Å²) in [6.45, 7) is 0. The van der Waals surface area contributed by atoms with Gasteiger partial charge < -0.3 is 14.2 Å². The topological polar surface area (TPSA) is 19.6 Å². The minimum absolute atomic E-state index is 0.674. The van der Waals surface area contributed by atoms with Gasteiger partial charge >= 0.3 is 0 Å². The molecule has 2 aliphatic carbocycles. The lowest BCUT2D eigenvalue weighted by Gasteiger charge is -2.33. The highest BCUT2D eigenvalue weighted by molar-refractivity contribution is 6.03. The Kier molecular flexibility index (Phi) is 7.52. The van der Waals surface area contributed by atoms with Gasteiger partial charge in [0.05, 0.1) is 5.41 Å². The van der Waals surface area contributed by atoms with Gasteiger partial charge in [0.15, 0.2) is 0 Å². The van der Waals surface area contributed by atoms with Crippen molar-refractivity contribution < 1.29 is 4.42 Å². The first kappa shape index (κ1) is 34.7. The SMILES string of the molecule is c1ccc(N(c2ccc3c(c2)C2(c4ccccc4-3)c3cc(N(c4ccccc4)c4ccc5ccccc5c4)ccc3-c3oc4ccccc4c32)c2ccc3ccccc3c2)cc1. The van der Waals surface area contributed by atoms with Crippen LogP contribution >= 0.6 is 0 Å². The van der Waals surface area contributed by atoms with Gasteiger partial charge in [-0.2, -0.15) is 0 Å². The summed E-state index contributed by atoms with van der Waals surface area (Å²) < 4.78 is 7.00. The highest BCUT2D eigenvalue weighted by atomic mass is 16.3. The number of fused-ring (bicyclic) bond motifs is 14. The van der Waals surface area contributed by atoms with E-state index >= 15 is 0 Å². The molecule has 1 heterocycles. The maximum absolute atomic E-state index is 7.00. The molecule has 1 aromatic heterocycles. The minimum Gasteiger partial charge on any atom is -0.456 e. The summed E-state index contributed by atoms with van der Waals surface area (Å²) in [5.74, 6) is 0.937. The van der Waals surface area contributed by atoms with E-state index in [1.54, 1.807) is 0 Å². The zero-order valence-electron chi connectivity index (χ0n) is 33.7. The summed E-state index contributed by atoms with van der Waals surface area (Å²) in [4.78, 5) is 4.80. The maximum Gasteiger partial charge on any atom is 0.140 e. The lowest BCUT2D eigenvalue weighted by Crippen LogP contribution is -2.26. The number of hydrogen-bond donors (Lipinski definition) is 0. The van der Waals surface area contributed by atoms with Gasteiger partial charge in [-0.05, 0) is 134 Å². The van der Waals surface area contributed by atoms with Gasteiger partial charge in [-0.3, -0.25) is 0 Å². The van der Waals surface area contributed by atoms with E-state index in [1.807, 2.05) is 0 Å². The highest BCUT2D eigenvalue weighted by Crippen LogP contribution is 2.66. The summed E-state index contributed by atoms with van der Waals surface area (Å²) in [6, 6.07) is 84.0. The fourth-order valence-electron chi connectivity index (χ4n) is 10.6. The van der Waals surface area contributed by atoms with Crippen LogP contribution in [0.1, 0.15) is 22.3 Å². The molecule has 1 spiro atoms. The second-order valence-corrected chi connectivity index (χ2v) is 16.5. The van der Waals surface area contributed by atoms with Crippen LogP contribution in [0.25, 0.3) is 55.0 Å². The average Bonchev–Trinajstić information content (AvgIpc) is 3.96. The van der Waals surface area contributed by atoms with Crippen LogP contribution in [0, 0.1) is 0 Å². The minimum atomic E-state index is -0.674. The molecule has 0 bridgehead atoms. The van der Waals surface area contributed by atoms with Crippen LogP contribution < -0.4 is 9.80 Å². The molecule has 13 rings (SSSR count). The Morgan fingerprint density at radius 3 is 1.39 bits per heavy atom. The maximum atomic E-state index is 7.00. The van der Waals surface area contributed by atoms with Gasteiger partial charge in [-0.25, -0.2) is 0 Å². The Labute approximate surface area is 360 Å². The normalized spacial score (nSPS) is 14.5. The van der Waals surface area contributed by atoms with Crippen molar-refractivity contribution in [2.75, 3.05) is 9.80 Å². The number of nitrogens with zero attached hydrogens (tertiary/aromatic N) is 2. The van der Waals surface area contributed by atoms with E-state index in [-0.39, 0.29) is 0 Å². The van der Waals surface area contributed by atoms with Crippen LogP contribution in [0.4, 0.5) is 34.1 Å². The van der Waals surface area contributed by atoms with Crippen molar-refractivity contribution >= 4 is 66.6 Å².